The van der Waals surface area contributed by atoms with Crippen molar-refractivity contribution in [3.05, 3.63) is 23.8 Å². The number of alkyl halides is 3. The van der Waals surface area contributed by atoms with Crippen LogP contribution in [0.2, 0.25) is 0 Å². The van der Waals surface area contributed by atoms with Crippen LogP contribution in [0.1, 0.15) is 18.4 Å². The number of urea groups is 1. The number of rotatable bonds is 2. The molecule has 1 N–H and O–H groups in total. The summed E-state index contributed by atoms with van der Waals surface area (Å²) in [5.74, 6) is -1.53. The van der Waals surface area contributed by atoms with E-state index in [9.17, 15) is 26.4 Å². The van der Waals surface area contributed by atoms with Gasteiger partial charge in [0.05, 0.1) is 10.8 Å². The summed E-state index contributed by atoms with van der Waals surface area (Å²) in [6.45, 7) is 1.53. The third kappa shape index (κ3) is 4.40. The van der Waals surface area contributed by atoms with Gasteiger partial charge in [-0.05, 0) is 37.5 Å². The highest BCUT2D eigenvalue weighted by atomic mass is 32.2. The van der Waals surface area contributed by atoms with E-state index >= 15 is 0 Å². The van der Waals surface area contributed by atoms with Crippen molar-refractivity contribution in [2.45, 2.75) is 30.8 Å². The Hall–Kier alpha value is -1.77. The lowest BCUT2D eigenvalue weighted by atomic mass is 9.98. The molecule has 1 atom stereocenters. The number of aryl methyl sites for hydroxylation is 1. The molecule has 1 saturated heterocycles. The normalized spacial score (nSPS) is 19.2. The van der Waals surface area contributed by atoms with E-state index in [2.05, 4.69) is 5.32 Å². The predicted molar refractivity (Wildman–Crippen MR) is 83.7 cm³/mol. The van der Waals surface area contributed by atoms with E-state index in [-0.39, 0.29) is 36.5 Å². The lowest BCUT2D eigenvalue weighted by Gasteiger charge is -2.33. The van der Waals surface area contributed by atoms with Crippen LogP contribution in [-0.2, 0) is 9.84 Å². The average molecular weight is 364 g/mol. The number of benzene rings is 1. The van der Waals surface area contributed by atoms with Gasteiger partial charge in [0.1, 0.15) is 0 Å². The molecule has 0 unspecified atom stereocenters. The summed E-state index contributed by atoms with van der Waals surface area (Å²) < 4.78 is 61.7. The molecule has 9 heteroatoms. The molecule has 0 saturated carbocycles. The van der Waals surface area contributed by atoms with Gasteiger partial charge >= 0.3 is 12.2 Å². The van der Waals surface area contributed by atoms with Crippen molar-refractivity contribution >= 4 is 21.6 Å². The average Bonchev–Trinajstić information content (AvgIpc) is 2.47. The summed E-state index contributed by atoms with van der Waals surface area (Å²) in [6.07, 6.45) is -3.00. The number of nitrogens with one attached hydrogen (secondary N) is 1. The molecule has 1 aromatic rings. The summed E-state index contributed by atoms with van der Waals surface area (Å²) in [6, 6.07) is 3.62. The van der Waals surface area contributed by atoms with Crippen molar-refractivity contribution in [1.82, 2.24) is 4.90 Å². The molecule has 1 aliphatic rings. The summed E-state index contributed by atoms with van der Waals surface area (Å²) in [4.78, 5) is 13.4. The van der Waals surface area contributed by atoms with Crippen molar-refractivity contribution in [2.24, 2.45) is 5.92 Å². The SMILES string of the molecule is Cc1ccc(S(C)(=O)=O)cc1NC(=O)N1CCC[C@@H](C(F)(F)F)C1. The Kier molecular flexibility index (Phi) is 5.12. The molecule has 24 heavy (non-hydrogen) atoms. The van der Waals surface area contributed by atoms with Gasteiger partial charge in [-0.1, -0.05) is 6.07 Å². The number of sulfone groups is 1. The number of anilines is 1. The van der Waals surface area contributed by atoms with Gasteiger partial charge in [-0.2, -0.15) is 13.2 Å². The van der Waals surface area contributed by atoms with Crippen molar-refractivity contribution in [3.63, 3.8) is 0 Å². The first kappa shape index (κ1) is 18.6. The number of amides is 2. The van der Waals surface area contributed by atoms with Crippen LogP contribution in [-0.4, -0.2) is 44.9 Å². The monoisotopic (exact) mass is 364 g/mol. The highest BCUT2D eigenvalue weighted by molar-refractivity contribution is 7.90. The first-order valence-corrected chi connectivity index (χ1v) is 9.31. The molecule has 0 bridgehead atoms. The summed E-state index contributed by atoms with van der Waals surface area (Å²) >= 11 is 0. The van der Waals surface area contributed by atoms with Crippen molar-refractivity contribution in [3.8, 4) is 0 Å². The fourth-order valence-electron chi connectivity index (χ4n) is 2.59. The zero-order valence-electron chi connectivity index (χ0n) is 13.4. The number of nitrogens with zero attached hydrogens (tertiary/aromatic N) is 1. The Morgan fingerprint density at radius 1 is 1.33 bits per heavy atom. The Morgan fingerprint density at radius 3 is 2.58 bits per heavy atom. The third-order valence-electron chi connectivity index (χ3n) is 4.05. The molecular formula is C15H19F3N2O3S. The van der Waals surface area contributed by atoms with E-state index in [4.69, 9.17) is 0 Å². The van der Waals surface area contributed by atoms with E-state index in [1.165, 1.54) is 12.1 Å². The fourth-order valence-corrected chi connectivity index (χ4v) is 3.24. The minimum Gasteiger partial charge on any atom is -0.324 e. The van der Waals surface area contributed by atoms with Gasteiger partial charge in [-0.15, -0.1) is 0 Å². The maximum absolute atomic E-state index is 12.8. The van der Waals surface area contributed by atoms with Gasteiger partial charge in [-0.25, -0.2) is 13.2 Å². The smallest absolute Gasteiger partial charge is 0.324 e. The van der Waals surface area contributed by atoms with Gasteiger partial charge in [0, 0.05) is 25.0 Å². The van der Waals surface area contributed by atoms with E-state index < -0.39 is 28.0 Å². The van der Waals surface area contributed by atoms with Crippen molar-refractivity contribution in [1.29, 1.82) is 0 Å². The Labute approximate surface area is 138 Å². The van der Waals surface area contributed by atoms with E-state index in [0.717, 1.165) is 11.2 Å². The van der Waals surface area contributed by atoms with E-state index in [1.807, 2.05) is 0 Å². The molecule has 134 valence electrons. The predicted octanol–water partition coefficient (Wildman–Crippen LogP) is 3.20. The number of carbonyl (C=O) groups excluding carboxylic acids is 1. The second kappa shape index (κ2) is 6.62. The van der Waals surface area contributed by atoms with Crippen LogP contribution in [0.15, 0.2) is 23.1 Å². The first-order chi connectivity index (χ1) is 11.0. The van der Waals surface area contributed by atoms with Crippen LogP contribution in [0.5, 0.6) is 0 Å². The molecule has 1 aliphatic heterocycles. The number of carbonyl (C=O) groups is 1. The highest BCUT2D eigenvalue weighted by Crippen LogP contribution is 2.33. The van der Waals surface area contributed by atoms with Gasteiger partial charge in [-0.3, -0.25) is 0 Å². The lowest BCUT2D eigenvalue weighted by molar-refractivity contribution is -0.183. The summed E-state index contributed by atoms with van der Waals surface area (Å²) in [5, 5.41) is 2.52. The third-order valence-corrected chi connectivity index (χ3v) is 5.16. The van der Waals surface area contributed by atoms with Crippen LogP contribution < -0.4 is 5.32 Å². The number of likely N-dealkylation sites (tertiary alicyclic amines) is 1. The van der Waals surface area contributed by atoms with Gasteiger partial charge in [0.2, 0.25) is 0 Å². The standard InChI is InChI=1S/C15H19F3N2O3S/c1-10-5-6-12(24(2,22)23)8-13(10)19-14(21)20-7-3-4-11(9-20)15(16,17)18/h5-6,8,11H,3-4,7,9H2,1-2H3,(H,19,21)/t11-/m1/s1. The summed E-state index contributed by atoms with van der Waals surface area (Å²) in [5.41, 5.74) is 0.900. The van der Waals surface area contributed by atoms with Crippen LogP contribution >= 0.6 is 0 Å². The molecule has 0 aromatic heterocycles. The van der Waals surface area contributed by atoms with Gasteiger partial charge < -0.3 is 10.2 Å². The molecule has 0 spiro atoms. The Balaban J connectivity index is 2.15. The molecule has 2 amide bonds. The van der Waals surface area contributed by atoms with Crippen molar-refractivity contribution < 1.29 is 26.4 Å². The second-order valence-electron chi connectivity index (χ2n) is 6.01. The maximum Gasteiger partial charge on any atom is 0.393 e. The molecule has 0 radical (unpaired) electrons. The largest absolute Gasteiger partial charge is 0.393 e. The fraction of sp³-hybridized carbons (Fsp3) is 0.533. The zero-order chi connectivity index (χ0) is 18.1. The first-order valence-electron chi connectivity index (χ1n) is 7.42. The molecule has 2 rings (SSSR count). The number of hydrogen-bond acceptors (Lipinski definition) is 3. The summed E-state index contributed by atoms with van der Waals surface area (Å²) in [7, 11) is -3.44. The van der Waals surface area contributed by atoms with Crippen LogP contribution in [0.3, 0.4) is 0 Å². The Bertz CT molecular complexity index is 732. The molecular weight excluding hydrogens is 345 g/mol. The van der Waals surface area contributed by atoms with Crippen LogP contribution in [0.4, 0.5) is 23.7 Å². The topological polar surface area (TPSA) is 66.5 Å². The van der Waals surface area contributed by atoms with E-state index in [1.54, 1.807) is 13.0 Å². The second-order valence-corrected chi connectivity index (χ2v) is 8.02. The maximum atomic E-state index is 12.8. The molecule has 1 fully saturated rings. The molecule has 1 heterocycles. The minimum absolute atomic E-state index is 0.00979. The lowest BCUT2D eigenvalue weighted by Crippen LogP contribution is -2.46. The van der Waals surface area contributed by atoms with Crippen LogP contribution in [0, 0.1) is 12.8 Å². The minimum atomic E-state index is -4.33. The molecule has 1 aromatic carbocycles. The van der Waals surface area contributed by atoms with Crippen LogP contribution in [0.25, 0.3) is 0 Å². The molecule has 0 aliphatic carbocycles. The van der Waals surface area contributed by atoms with Crippen molar-refractivity contribution in [2.75, 3.05) is 24.7 Å². The highest BCUT2D eigenvalue weighted by Gasteiger charge is 2.42. The van der Waals surface area contributed by atoms with Gasteiger partial charge in [0.25, 0.3) is 0 Å². The Morgan fingerprint density at radius 2 is 2.00 bits per heavy atom. The number of piperidine rings is 1. The number of hydrogen-bond donors (Lipinski definition) is 1. The quantitative estimate of drug-likeness (QED) is 0.876. The number of halogens is 3. The molecule has 5 nitrogen and oxygen atoms in total. The van der Waals surface area contributed by atoms with E-state index in [0.29, 0.717) is 5.56 Å². The van der Waals surface area contributed by atoms with Gasteiger partial charge in [0.15, 0.2) is 9.84 Å². The zero-order valence-corrected chi connectivity index (χ0v) is 14.2.